The van der Waals surface area contributed by atoms with Gasteiger partial charge in [-0.25, -0.2) is 4.79 Å². The average molecular weight is 368 g/mol. The van der Waals surface area contributed by atoms with Crippen molar-refractivity contribution in [3.05, 3.63) is 65.2 Å². The second-order valence-corrected chi connectivity index (χ2v) is 6.63. The quantitative estimate of drug-likeness (QED) is 0.767. The Morgan fingerprint density at radius 1 is 0.963 bits per heavy atom. The standard InChI is InChI=1S/C21H24N2O4/c1-13(2)18(23-19(24)15-8-5-7-14(3)11-15)20(25)22-17-10-6-9-16(12-17)21(26)27-4/h5-13,18H,1-4H3,(H,22,25)(H,23,24). The van der Waals surface area contributed by atoms with Crippen molar-refractivity contribution in [2.45, 2.75) is 26.8 Å². The average Bonchev–Trinajstić information content (AvgIpc) is 2.65. The van der Waals surface area contributed by atoms with E-state index < -0.39 is 12.0 Å². The predicted octanol–water partition coefficient (Wildman–Crippen LogP) is 3.17. The lowest BCUT2D eigenvalue weighted by molar-refractivity contribution is -0.118. The lowest BCUT2D eigenvalue weighted by atomic mass is 10.0. The minimum Gasteiger partial charge on any atom is -0.465 e. The van der Waals surface area contributed by atoms with Gasteiger partial charge >= 0.3 is 5.97 Å². The van der Waals surface area contributed by atoms with Crippen molar-refractivity contribution in [3.8, 4) is 0 Å². The molecule has 2 rings (SSSR count). The molecule has 6 heteroatoms. The molecule has 0 aliphatic rings. The van der Waals surface area contributed by atoms with Crippen molar-refractivity contribution in [2.75, 3.05) is 12.4 Å². The molecule has 0 aromatic heterocycles. The number of esters is 1. The zero-order chi connectivity index (χ0) is 20.0. The number of hydrogen-bond acceptors (Lipinski definition) is 4. The van der Waals surface area contributed by atoms with Crippen LogP contribution in [0.25, 0.3) is 0 Å². The summed E-state index contributed by atoms with van der Waals surface area (Å²) in [6.07, 6.45) is 0. The van der Waals surface area contributed by atoms with Crippen LogP contribution in [0.2, 0.25) is 0 Å². The van der Waals surface area contributed by atoms with E-state index in [0.717, 1.165) is 5.56 Å². The number of carbonyl (C=O) groups excluding carboxylic acids is 3. The van der Waals surface area contributed by atoms with E-state index in [1.807, 2.05) is 26.8 Å². The van der Waals surface area contributed by atoms with Crippen LogP contribution < -0.4 is 10.6 Å². The topological polar surface area (TPSA) is 84.5 Å². The molecule has 0 saturated carbocycles. The highest BCUT2D eigenvalue weighted by molar-refractivity contribution is 6.02. The summed E-state index contributed by atoms with van der Waals surface area (Å²) < 4.78 is 4.68. The number of hydrogen-bond donors (Lipinski definition) is 2. The van der Waals surface area contributed by atoms with E-state index >= 15 is 0 Å². The molecule has 0 heterocycles. The summed E-state index contributed by atoms with van der Waals surface area (Å²) in [5.74, 6) is -1.27. The van der Waals surface area contributed by atoms with Crippen LogP contribution in [0.5, 0.6) is 0 Å². The Bertz CT molecular complexity index is 846. The maximum atomic E-state index is 12.7. The summed E-state index contributed by atoms with van der Waals surface area (Å²) in [7, 11) is 1.29. The number of benzene rings is 2. The number of ether oxygens (including phenoxy) is 1. The van der Waals surface area contributed by atoms with Crippen molar-refractivity contribution in [1.29, 1.82) is 0 Å². The zero-order valence-electron chi connectivity index (χ0n) is 15.9. The lowest BCUT2D eigenvalue weighted by Crippen LogP contribution is -2.47. The smallest absolute Gasteiger partial charge is 0.337 e. The van der Waals surface area contributed by atoms with Gasteiger partial charge in [0.15, 0.2) is 0 Å². The molecule has 6 nitrogen and oxygen atoms in total. The molecule has 2 amide bonds. The van der Waals surface area contributed by atoms with Crippen molar-refractivity contribution in [1.82, 2.24) is 5.32 Å². The van der Waals surface area contributed by atoms with Crippen molar-refractivity contribution in [3.63, 3.8) is 0 Å². The fourth-order valence-electron chi connectivity index (χ4n) is 2.61. The minimum absolute atomic E-state index is 0.123. The van der Waals surface area contributed by atoms with Crippen LogP contribution in [0, 0.1) is 12.8 Å². The van der Waals surface area contributed by atoms with Crippen LogP contribution in [0.1, 0.15) is 40.1 Å². The van der Waals surface area contributed by atoms with E-state index in [4.69, 9.17) is 0 Å². The maximum absolute atomic E-state index is 12.7. The van der Waals surface area contributed by atoms with Gasteiger partial charge in [-0.05, 0) is 43.2 Å². The van der Waals surface area contributed by atoms with Crippen LogP contribution in [0.4, 0.5) is 5.69 Å². The molecule has 0 saturated heterocycles. The van der Waals surface area contributed by atoms with Crippen LogP contribution in [0.3, 0.4) is 0 Å². The summed E-state index contributed by atoms with van der Waals surface area (Å²) in [5.41, 5.74) is 2.26. The Balaban J connectivity index is 2.13. The third kappa shape index (κ3) is 5.41. The first-order chi connectivity index (χ1) is 12.8. The lowest BCUT2D eigenvalue weighted by Gasteiger charge is -2.22. The van der Waals surface area contributed by atoms with Gasteiger partial charge in [-0.2, -0.15) is 0 Å². The molecular formula is C21H24N2O4. The summed E-state index contributed by atoms with van der Waals surface area (Å²) in [5, 5.41) is 5.54. The first-order valence-electron chi connectivity index (χ1n) is 8.68. The Kier molecular flexibility index (Phi) is 6.71. The van der Waals surface area contributed by atoms with Gasteiger partial charge in [-0.3, -0.25) is 9.59 Å². The molecule has 0 aliphatic heterocycles. The Morgan fingerprint density at radius 3 is 2.26 bits per heavy atom. The molecule has 0 aliphatic carbocycles. The first-order valence-corrected chi connectivity index (χ1v) is 8.68. The van der Waals surface area contributed by atoms with Gasteiger partial charge in [-0.1, -0.05) is 37.6 Å². The molecule has 2 aromatic carbocycles. The van der Waals surface area contributed by atoms with Gasteiger partial charge in [0.25, 0.3) is 5.91 Å². The second kappa shape index (κ2) is 8.98. The molecule has 0 bridgehead atoms. The van der Waals surface area contributed by atoms with Gasteiger partial charge in [0.1, 0.15) is 6.04 Å². The molecule has 2 N–H and O–H groups in total. The molecule has 0 radical (unpaired) electrons. The third-order valence-electron chi connectivity index (χ3n) is 4.07. The van der Waals surface area contributed by atoms with Crippen molar-refractivity contribution >= 4 is 23.5 Å². The van der Waals surface area contributed by atoms with Gasteiger partial charge < -0.3 is 15.4 Å². The number of anilines is 1. The van der Waals surface area contributed by atoms with Gasteiger partial charge in [0, 0.05) is 11.3 Å². The van der Waals surface area contributed by atoms with E-state index in [1.54, 1.807) is 36.4 Å². The molecule has 2 aromatic rings. The maximum Gasteiger partial charge on any atom is 0.337 e. The zero-order valence-corrected chi connectivity index (χ0v) is 15.9. The normalized spacial score (nSPS) is 11.6. The van der Waals surface area contributed by atoms with E-state index in [1.165, 1.54) is 13.2 Å². The highest BCUT2D eigenvalue weighted by Crippen LogP contribution is 2.14. The molecular weight excluding hydrogens is 344 g/mol. The molecule has 142 valence electrons. The summed E-state index contributed by atoms with van der Waals surface area (Å²) in [6.45, 7) is 5.61. The van der Waals surface area contributed by atoms with Crippen LogP contribution in [-0.2, 0) is 9.53 Å². The van der Waals surface area contributed by atoms with Crippen LogP contribution in [0.15, 0.2) is 48.5 Å². The Labute approximate surface area is 158 Å². The number of methoxy groups -OCH3 is 1. The van der Waals surface area contributed by atoms with E-state index in [-0.39, 0.29) is 17.7 Å². The van der Waals surface area contributed by atoms with Crippen LogP contribution >= 0.6 is 0 Å². The number of aryl methyl sites for hydroxylation is 1. The third-order valence-corrected chi connectivity index (χ3v) is 4.07. The predicted molar refractivity (Wildman–Crippen MR) is 104 cm³/mol. The molecule has 1 atom stereocenters. The summed E-state index contributed by atoms with van der Waals surface area (Å²) in [4.78, 5) is 36.8. The number of nitrogens with one attached hydrogen (secondary N) is 2. The SMILES string of the molecule is COC(=O)c1cccc(NC(=O)C(NC(=O)c2cccc(C)c2)C(C)C)c1. The van der Waals surface area contributed by atoms with E-state index in [2.05, 4.69) is 15.4 Å². The monoisotopic (exact) mass is 368 g/mol. The molecule has 0 spiro atoms. The van der Waals surface area contributed by atoms with Gasteiger partial charge in [0.2, 0.25) is 5.91 Å². The molecule has 27 heavy (non-hydrogen) atoms. The number of carbonyl (C=O) groups is 3. The molecule has 1 unspecified atom stereocenters. The number of rotatable bonds is 6. The van der Waals surface area contributed by atoms with E-state index in [0.29, 0.717) is 16.8 Å². The Hall–Kier alpha value is -3.15. The minimum atomic E-state index is -0.722. The van der Waals surface area contributed by atoms with Gasteiger partial charge in [-0.15, -0.1) is 0 Å². The molecule has 0 fully saturated rings. The van der Waals surface area contributed by atoms with E-state index in [9.17, 15) is 14.4 Å². The highest BCUT2D eigenvalue weighted by Gasteiger charge is 2.25. The number of amides is 2. The van der Waals surface area contributed by atoms with Gasteiger partial charge in [0.05, 0.1) is 12.7 Å². The van der Waals surface area contributed by atoms with Crippen LogP contribution in [-0.4, -0.2) is 30.9 Å². The largest absolute Gasteiger partial charge is 0.465 e. The fourth-order valence-corrected chi connectivity index (χ4v) is 2.61. The Morgan fingerprint density at radius 2 is 1.63 bits per heavy atom. The van der Waals surface area contributed by atoms with Crippen molar-refractivity contribution < 1.29 is 19.1 Å². The first kappa shape index (κ1) is 20.2. The van der Waals surface area contributed by atoms with Crippen molar-refractivity contribution in [2.24, 2.45) is 5.92 Å². The second-order valence-electron chi connectivity index (χ2n) is 6.63. The fraction of sp³-hybridized carbons (Fsp3) is 0.286. The summed E-state index contributed by atoms with van der Waals surface area (Å²) >= 11 is 0. The highest BCUT2D eigenvalue weighted by atomic mass is 16.5. The summed E-state index contributed by atoms with van der Waals surface area (Å²) in [6, 6.07) is 12.9.